The molecule has 1 rings (SSSR count). The molecule has 0 fully saturated rings. The molecule has 68 valence electrons. The van der Waals surface area contributed by atoms with Gasteiger partial charge in [0, 0.05) is 0 Å². The molecule has 1 aromatic rings. The van der Waals surface area contributed by atoms with Gasteiger partial charge in [0.25, 0.3) is 0 Å². The number of rotatable bonds is 2. The van der Waals surface area contributed by atoms with Crippen LogP contribution in [-0.2, 0) is 0 Å². The Kier molecular flexibility index (Phi) is 2.76. The van der Waals surface area contributed by atoms with E-state index in [1.54, 1.807) is 26.4 Å². The molecule has 0 aromatic heterocycles. The molecule has 13 heavy (non-hydrogen) atoms. The number of aryl methyl sites for hydroxylation is 1. The van der Waals surface area contributed by atoms with Crippen LogP contribution in [0, 0.1) is 13.5 Å². The lowest BCUT2D eigenvalue weighted by molar-refractivity contribution is 0.402. The number of benzene rings is 1. The summed E-state index contributed by atoms with van der Waals surface area (Å²) in [5.74, 6) is 1.31. The number of ether oxygens (including phenoxy) is 2. The molecule has 0 bridgehead atoms. The van der Waals surface area contributed by atoms with Gasteiger partial charge < -0.3 is 9.47 Å². The van der Waals surface area contributed by atoms with Crippen LogP contribution in [0.2, 0.25) is 0 Å². The molecule has 0 heterocycles. The number of methoxy groups -OCH3 is 2. The topological polar surface area (TPSA) is 22.8 Å². The monoisotopic (exact) mass is 177 g/mol. The van der Waals surface area contributed by atoms with E-state index in [4.69, 9.17) is 16.0 Å². The van der Waals surface area contributed by atoms with Crippen molar-refractivity contribution < 1.29 is 9.47 Å². The first-order valence-electron chi connectivity index (χ1n) is 3.83. The number of hydrogen-bond donors (Lipinski definition) is 0. The van der Waals surface area contributed by atoms with Crippen LogP contribution >= 0.6 is 0 Å². The average Bonchev–Trinajstić information content (AvgIpc) is 2.17. The fourth-order valence-electron chi connectivity index (χ4n) is 1.12. The Bertz CT molecular complexity index is 353. The fourth-order valence-corrected chi connectivity index (χ4v) is 1.12. The van der Waals surface area contributed by atoms with Gasteiger partial charge in [-0.2, -0.15) is 0 Å². The fraction of sp³-hybridized carbons (Fsp3) is 0.300. The van der Waals surface area contributed by atoms with Gasteiger partial charge in [-0.15, -0.1) is 0 Å². The van der Waals surface area contributed by atoms with E-state index in [0.29, 0.717) is 17.2 Å². The summed E-state index contributed by atoms with van der Waals surface area (Å²) in [6.45, 7) is 8.83. The predicted molar refractivity (Wildman–Crippen MR) is 50.5 cm³/mol. The van der Waals surface area contributed by atoms with Crippen LogP contribution in [0.3, 0.4) is 0 Å². The Labute approximate surface area is 77.7 Å². The first-order valence-corrected chi connectivity index (χ1v) is 3.83. The van der Waals surface area contributed by atoms with Crippen molar-refractivity contribution in [3.05, 3.63) is 29.1 Å². The molecule has 3 nitrogen and oxygen atoms in total. The van der Waals surface area contributed by atoms with Crippen molar-refractivity contribution in [2.24, 2.45) is 0 Å². The molecule has 0 aliphatic heterocycles. The van der Waals surface area contributed by atoms with Gasteiger partial charge in [-0.05, 0) is 24.6 Å². The van der Waals surface area contributed by atoms with E-state index in [9.17, 15) is 0 Å². The second kappa shape index (κ2) is 3.81. The maximum Gasteiger partial charge on any atom is 0.231 e. The normalized spacial score (nSPS) is 9.08. The first-order chi connectivity index (χ1) is 6.22. The highest BCUT2D eigenvalue weighted by Gasteiger charge is 2.07. The molecule has 0 saturated carbocycles. The smallest absolute Gasteiger partial charge is 0.231 e. The van der Waals surface area contributed by atoms with Gasteiger partial charge in [0.15, 0.2) is 0 Å². The van der Waals surface area contributed by atoms with E-state index in [2.05, 4.69) is 4.85 Å². The second-order valence-electron chi connectivity index (χ2n) is 2.61. The van der Waals surface area contributed by atoms with Crippen molar-refractivity contribution in [2.45, 2.75) is 6.92 Å². The lowest BCUT2D eigenvalue weighted by atomic mass is 10.2. The summed E-state index contributed by atoms with van der Waals surface area (Å²) in [4.78, 5) is 3.34. The van der Waals surface area contributed by atoms with E-state index < -0.39 is 0 Å². The molecule has 1 aromatic carbocycles. The van der Waals surface area contributed by atoms with Crippen molar-refractivity contribution >= 4 is 5.69 Å². The molecule has 0 N–H and O–H groups in total. The minimum atomic E-state index is 0.477. The Morgan fingerprint density at radius 2 is 1.77 bits per heavy atom. The van der Waals surface area contributed by atoms with Gasteiger partial charge in [0.2, 0.25) is 5.69 Å². The lowest BCUT2D eigenvalue weighted by Gasteiger charge is -2.08. The van der Waals surface area contributed by atoms with Crippen LogP contribution in [0.15, 0.2) is 12.1 Å². The SMILES string of the molecule is [C-]#[N+]c1cc(OC)c(C)cc1OC. The molecular weight excluding hydrogens is 166 g/mol. The van der Waals surface area contributed by atoms with Crippen LogP contribution in [0.5, 0.6) is 11.5 Å². The van der Waals surface area contributed by atoms with Gasteiger partial charge in [-0.25, -0.2) is 4.85 Å². The summed E-state index contributed by atoms with van der Waals surface area (Å²) in [5, 5.41) is 0. The molecular formula is C10H11NO2. The molecule has 0 amide bonds. The van der Waals surface area contributed by atoms with Crippen LogP contribution in [-0.4, -0.2) is 14.2 Å². The van der Waals surface area contributed by atoms with Crippen molar-refractivity contribution in [3.8, 4) is 11.5 Å². The van der Waals surface area contributed by atoms with Gasteiger partial charge >= 0.3 is 0 Å². The highest BCUT2D eigenvalue weighted by atomic mass is 16.5. The van der Waals surface area contributed by atoms with E-state index in [0.717, 1.165) is 5.56 Å². The summed E-state index contributed by atoms with van der Waals surface area (Å²) in [7, 11) is 3.14. The third kappa shape index (κ3) is 1.73. The van der Waals surface area contributed by atoms with Gasteiger partial charge in [0.1, 0.15) is 11.5 Å². The Morgan fingerprint density at radius 1 is 1.15 bits per heavy atom. The zero-order chi connectivity index (χ0) is 9.84. The maximum absolute atomic E-state index is 6.92. The van der Waals surface area contributed by atoms with Crippen LogP contribution in [0.25, 0.3) is 4.85 Å². The quantitative estimate of drug-likeness (QED) is 0.648. The van der Waals surface area contributed by atoms with Crippen LogP contribution < -0.4 is 9.47 Å². The minimum Gasteiger partial charge on any atom is -0.508 e. The molecule has 0 saturated heterocycles. The van der Waals surface area contributed by atoms with E-state index in [1.807, 2.05) is 6.92 Å². The standard InChI is InChI=1S/C10H11NO2/c1-7-5-10(13-4)8(11-2)6-9(7)12-3/h5-6H,1,3-4H3. The van der Waals surface area contributed by atoms with Crippen molar-refractivity contribution in [3.63, 3.8) is 0 Å². The van der Waals surface area contributed by atoms with Crippen LogP contribution in [0.4, 0.5) is 5.69 Å². The predicted octanol–water partition coefficient (Wildman–Crippen LogP) is 2.56. The van der Waals surface area contributed by atoms with Crippen LogP contribution in [0.1, 0.15) is 5.56 Å². The summed E-state index contributed by atoms with van der Waals surface area (Å²) in [5.41, 5.74) is 1.44. The molecule has 0 aliphatic carbocycles. The molecule has 0 atom stereocenters. The number of nitrogens with zero attached hydrogens (tertiary/aromatic N) is 1. The highest BCUT2D eigenvalue weighted by molar-refractivity contribution is 5.62. The maximum atomic E-state index is 6.92. The molecule has 3 heteroatoms. The summed E-state index contributed by atoms with van der Waals surface area (Å²) >= 11 is 0. The Morgan fingerprint density at radius 3 is 2.23 bits per heavy atom. The van der Waals surface area contributed by atoms with Gasteiger partial charge in [-0.1, -0.05) is 0 Å². The summed E-state index contributed by atoms with van der Waals surface area (Å²) in [6, 6.07) is 3.48. The van der Waals surface area contributed by atoms with E-state index >= 15 is 0 Å². The molecule has 0 spiro atoms. The highest BCUT2D eigenvalue weighted by Crippen LogP contribution is 2.34. The largest absolute Gasteiger partial charge is 0.508 e. The van der Waals surface area contributed by atoms with Crippen molar-refractivity contribution in [2.75, 3.05) is 14.2 Å². The van der Waals surface area contributed by atoms with Gasteiger partial charge in [0.05, 0.1) is 20.8 Å². The Balaban J connectivity index is 3.28. The first kappa shape index (κ1) is 9.40. The Hall–Kier alpha value is -1.69. The summed E-state index contributed by atoms with van der Waals surface area (Å²) < 4.78 is 10.1. The lowest BCUT2D eigenvalue weighted by Crippen LogP contribution is -1.89. The van der Waals surface area contributed by atoms with Gasteiger partial charge in [-0.3, -0.25) is 0 Å². The summed E-state index contributed by atoms with van der Waals surface area (Å²) in [6.07, 6.45) is 0. The second-order valence-corrected chi connectivity index (χ2v) is 2.61. The van der Waals surface area contributed by atoms with Crippen molar-refractivity contribution in [1.29, 1.82) is 0 Å². The molecule has 0 radical (unpaired) electrons. The average molecular weight is 177 g/mol. The third-order valence-electron chi connectivity index (χ3n) is 1.82. The molecule has 0 unspecified atom stereocenters. The third-order valence-corrected chi connectivity index (χ3v) is 1.82. The van der Waals surface area contributed by atoms with E-state index in [1.165, 1.54) is 0 Å². The van der Waals surface area contributed by atoms with E-state index in [-0.39, 0.29) is 0 Å². The number of hydrogen-bond acceptors (Lipinski definition) is 2. The van der Waals surface area contributed by atoms with Crippen molar-refractivity contribution in [1.82, 2.24) is 0 Å². The zero-order valence-electron chi connectivity index (χ0n) is 7.92. The zero-order valence-corrected chi connectivity index (χ0v) is 7.92. The minimum absolute atomic E-state index is 0.477. The molecule has 0 aliphatic rings.